The maximum atomic E-state index is 13.6. The standard InChI is InChI=1S/C21H25FN2O4S/c1-15-13-24(14-16(2)28-15)29(26,27)19-9-7-18(8-10-19)21(25)23-12-11-17-5-3-4-6-20(17)22/h3-10,15-16H,11-14H2,1-2H3,(H,23,25). The molecule has 1 N–H and O–H groups in total. The molecule has 1 heterocycles. The molecule has 2 atom stereocenters. The molecule has 1 saturated heterocycles. The van der Waals surface area contributed by atoms with Crippen molar-refractivity contribution in [2.24, 2.45) is 0 Å². The van der Waals surface area contributed by atoms with Crippen LogP contribution >= 0.6 is 0 Å². The summed E-state index contributed by atoms with van der Waals surface area (Å²) < 4.78 is 46.3. The highest BCUT2D eigenvalue weighted by Crippen LogP contribution is 2.21. The summed E-state index contributed by atoms with van der Waals surface area (Å²) in [6.45, 7) is 4.55. The molecule has 0 bridgehead atoms. The molecule has 1 amide bonds. The lowest BCUT2D eigenvalue weighted by Gasteiger charge is -2.34. The number of benzene rings is 2. The SMILES string of the molecule is CC1CN(S(=O)(=O)c2ccc(C(=O)NCCc3ccccc3F)cc2)CC(C)O1. The number of amides is 1. The number of nitrogens with zero attached hydrogens (tertiary/aromatic N) is 1. The summed E-state index contributed by atoms with van der Waals surface area (Å²) in [7, 11) is -3.65. The zero-order chi connectivity index (χ0) is 21.0. The first-order valence-electron chi connectivity index (χ1n) is 9.54. The second kappa shape index (κ2) is 9.02. The highest BCUT2D eigenvalue weighted by molar-refractivity contribution is 7.89. The first kappa shape index (κ1) is 21.4. The summed E-state index contributed by atoms with van der Waals surface area (Å²) in [5, 5.41) is 2.73. The molecule has 0 saturated carbocycles. The minimum Gasteiger partial charge on any atom is -0.373 e. The van der Waals surface area contributed by atoms with Crippen LogP contribution in [0.5, 0.6) is 0 Å². The average molecular weight is 421 g/mol. The lowest BCUT2D eigenvalue weighted by Crippen LogP contribution is -2.48. The van der Waals surface area contributed by atoms with Gasteiger partial charge in [-0.05, 0) is 56.2 Å². The lowest BCUT2D eigenvalue weighted by atomic mass is 10.1. The molecule has 1 aliphatic heterocycles. The highest BCUT2D eigenvalue weighted by Gasteiger charge is 2.32. The minimum atomic E-state index is -3.65. The zero-order valence-corrected chi connectivity index (χ0v) is 17.3. The van der Waals surface area contributed by atoms with Crippen molar-refractivity contribution in [2.45, 2.75) is 37.4 Å². The molecule has 0 aliphatic carbocycles. The molecule has 29 heavy (non-hydrogen) atoms. The maximum Gasteiger partial charge on any atom is 0.251 e. The molecule has 2 aromatic carbocycles. The van der Waals surface area contributed by atoms with E-state index in [0.717, 1.165) is 0 Å². The quantitative estimate of drug-likeness (QED) is 0.780. The number of carbonyl (C=O) groups is 1. The van der Waals surface area contributed by atoms with E-state index in [1.165, 1.54) is 34.6 Å². The number of morpholine rings is 1. The average Bonchev–Trinajstić information content (AvgIpc) is 2.68. The summed E-state index contributed by atoms with van der Waals surface area (Å²) in [6, 6.07) is 12.3. The Morgan fingerprint density at radius 2 is 1.72 bits per heavy atom. The van der Waals surface area contributed by atoms with Gasteiger partial charge in [0.2, 0.25) is 10.0 Å². The zero-order valence-electron chi connectivity index (χ0n) is 16.5. The van der Waals surface area contributed by atoms with E-state index < -0.39 is 10.0 Å². The number of hydrogen-bond donors (Lipinski definition) is 1. The normalized spacial score (nSPS) is 20.4. The van der Waals surface area contributed by atoms with Gasteiger partial charge in [0, 0.05) is 25.2 Å². The van der Waals surface area contributed by atoms with Crippen LogP contribution in [0.25, 0.3) is 0 Å². The van der Waals surface area contributed by atoms with E-state index in [9.17, 15) is 17.6 Å². The van der Waals surface area contributed by atoms with Gasteiger partial charge in [-0.3, -0.25) is 4.79 Å². The van der Waals surface area contributed by atoms with Gasteiger partial charge < -0.3 is 10.1 Å². The van der Waals surface area contributed by atoms with Crippen molar-refractivity contribution in [2.75, 3.05) is 19.6 Å². The Morgan fingerprint density at radius 3 is 2.34 bits per heavy atom. The molecular weight excluding hydrogens is 395 g/mol. The highest BCUT2D eigenvalue weighted by atomic mass is 32.2. The third-order valence-electron chi connectivity index (χ3n) is 4.78. The Morgan fingerprint density at radius 1 is 1.10 bits per heavy atom. The molecule has 2 aromatic rings. The number of halogens is 1. The van der Waals surface area contributed by atoms with E-state index in [-0.39, 0.29) is 35.4 Å². The monoisotopic (exact) mass is 420 g/mol. The van der Waals surface area contributed by atoms with Crippen molar-refractivity contribution in [3.05, 3.63) is 65.5 Å². The first-order chi connectivity index (χ1) is 13.8. The predicted molar refractivity (Wildman–Crippen MR) is 108 cm³/mol. The van der Waals surface area contributed by atoms with E-state index in [0.29, 0.717) is 30.6 Å². The van der Waals surface area contributed by atoms with Gasteiger partial charge >= 0.3 is 0 Å². The van der Waals surface area contributed by atoms with Gasteiger partial charge in [-0.2, -0.15) is 4.31 Å². The van der Waals surface area contributed by atoms with Gasteiger partial charge in [-0.25, -0.2) is 12.8 Å². The molecule has 8 heteroatoms. The van der Waals surface area contributed by atoms with Crippen LogP contribution in [0.4, 0.5) is 4.39 Å². The Balaban J connectivity index is 1.61. The van der Waals surface area contributed by atoms with Gasteiger partial charge in [0.15, 0.2) is 0 Å². The van der Waals surface area contributed by atoms with Gasteiger partial charge in [-0.1, -0.05) is 18.2 Å². The largest absolute Gasteiger partial charge is 0.373 e. The second-order valence-electron chi connectivity index (χ2n) is 7.20. The fraction of sp³-hybridized carbons (Fsp3) is 0.381. The number of hydrogen-bond acceptors (Lipinski definition) is 4. The Labute approximate surface area is 170 Å². The van der Waals surface area contributed by atoms with Crippen LogP contribution in [0.15, 0.2) is 53.4 Å². The first-order valence-corrected chi connectivity index (χ1v) is 11.0. The van der Waals surface area contributed by atoms with Gasteiger partial charge in [0.25, 0.3) is 5.91 Å². The van der Waals surface area contributed by atoms with Crippen molar-refractivity contribution in [3.63, 3.8) is 0 Å². The van der Waals surface area contributed by atoms with Crippen molar-refractivity contribution < 1.29 is 22.3 Å². The fourth-order valence-corrected chi connectivity index (χ4v) is 4.96. The van der Waals surface area contributed by atoms with E-state index in [1.807, 2.05) is 13.8 Å². The molecule has 6 nitrogen and oxygen atoms in total. The number of ether oxygens (including phenoxy) is 1. The third-order valence-corrected chi connectivity index (χ3v) is 6.62. The van der Waals surface area contributed by atoms with Crippen LogP contribution < -0.4 is 5.32 Å². The third kappa shape index (κ3) is 5.20. The molecule has 0 aromatic heterocycles. The van der Waals surface area contributed by atoms with E-state index in [2.05, 4.69) is 5.32 Å². The predicted octanol–water partition coefficient (Wildman–Crippen LogP) is 2.60. The lowest BCUT2D eigenvalue weighted by molar-refractivity contribution is -0.0440. The van der Waals surface area contributed by atoms with Crippen LogP contribution in [0, 0.1) is 5.82 Å². The summed E-state index contributed by atoms with van der Waals surface area (Å²) >= 11 is 0. The van der Waals surface area contributed by atoms with Gasteiger partial charge in [0.05, 0.1) is 17.1 Å². The van der Waals surface area contributed by atoms with E-state index in [4.69, 9.17) is 4.74 Å². The minimum absolute atomic E-state index is 0.140. The van der Waals surface area contributed by atoms with Crippen LogP contribution in [0.3, 0.4) is 0 Å². The molecule has 1 fully saturated rings. The molecule has 2 unspecified atom stereocenters. The van der Waals surface area contributed by atoms with E-state index >= 15 is 0 Å². The van der Waals surface area contributed by atoms with Crippen LogP contribution in [-0.4, -0.2) is 50.5 Å². The summed E-state index contributed by atoms with van der Waals surface area (Å²) in [4.78, 5) is 12.4. The maximum absolute atomic E-state index is 13.6. The van der Waals surface area contributed by atoms with Crippen LogP contribution in [0.2, 0.25) is 0 Å². The van der Waals surface area contributed by atoms with Crippen molar-refractivity contribution in [3.8, 4) is 0 Å². The summed E-state index contributed by atoms with van der Waals surface area (Å²) in [6.07, 6.45) is 0.0270. The number of rotatable bonds is 6. The van der Waals surface area contributed by atoms with Crippen molar-refractivity contribution in [1.82, 2.24) is 9.62 Å². The topological polar surface area (TPSA) is 75.7 Å². The Hall–Kier alpha value is -2.29. The Kier molecular flexibility index (Phi) is 6.66. The summed E-state index contributed by atoms with van der Waals surface area (Å²) in [5.74, 6) is -0.637. The molecule has 1 aliphatic rings. The fourth-order valence-electron chi connectivity index (χ4n) is 3.37. The molecule has 0 spiro atoms. The van der Waals surface area contributed by atoms with Gasteiger partial charge in [0.1, 0.15) is 5.82 Å². The van der Waals surface area contributed by atoms with Crippen LogP contribution in [0.1, 0.15) is 29.8 Å². The van der Waals surface area contributed by atoms with Crippen molar-refractivity contribution in [1.29, 1.82) is 0 Å². The number of nitrogens with one attached hydrogen (secondary N) is 1. The van der Waals surface area contributed by atoms with E-state index in [1.54, 1.807) is 18.2 Å². The van der Waals surface area contributed by atoms with Crippen LogP contribution in [-0.2, 0) is 21.2 Å². The molecule has 156 valence electrons. The Bertz CT molecular complexity index is 953. The molecule has 3 rings (SSSR count). The van der Waals surface area contributed by atoms with Gasteiger partial charge in [-0.15, -0.1) is 0 Å². The number of carbonyl (C=O) groups excluding carboxylic acids is 1. The molecular formula is C21H25FN2O4S. The molecule has 0 radical (unpaired) electrons. The second-order valence-corrected chi connectivity index (χ2v) is 9.14. The number of sulfonamides is 1. The summed E-state index contributed by atoms with van der Waals surface area (Å²) in [5.41, 5.74) is 0.879. The smallest absolute Gasteiger partial charge is 0.251 e. The van der Waals surface area contributed by atoms with Crippen molar-refractivity contribution >= 4 is 15.9 Å².